The zero-order chi connectivity index (χ0) is 18.9. The van der Waals surface area contributed by atoms with E-state index in [9.17, 15) is 0 Å². The number of benzene rings is 1. The van der Waals surface area contributed by atoms with Crippen LogP contribution in [0.2, 0.25) is 0 Å². The Morgan fingerprint density at radius 3 is 2.50 bits per heavy atom. The van der Waals surface area contributed by atoms with Crippen LogP contribution in [0.3, 0.4) is 0 Å². The molecular weight excluding hydrogens is 465 g/mol. The second-order valence-electron chi connectivity index (χ2n) is 7.12. The third-order valence-electron chi connectivity index (χ3n) is 4.93. The van der Waals surface area contributed by atoms with E-state index in [-0.39, 0.29) is 24.0 Å². The third-order valence-corrected chi connectivity index (χ3v) is 4.93. The van der Waals surface area contributed by atoms with E-state index in [2.05, 4.69) is 44.6 Å². The van der Waals surface area contributed by atoms with Gasteiger partial charge in [0.25, 0.3) is 0 Å². The fourth-order valence-corrected chi connectivity index (χ4v) is 3.30. The number of hydrogen-bond donors (Lipinski definition) is 2. The molecule has 154 valence electrons. The van der Waals surface area contributed by atoms with Gasteiger partial charge in [0.1, 0.15) is 6.26 Å². The predicted molar refractivity (Wildman–Crippen MR) is 125 cm³/mol. The van der Waals surface area contributed by atoms with Crippen LogP contribution < -0.4 is 10.6 Å². The molecule has 0 bridgehead atoms. The molecule has 0 aliphatic carbocycles. The summed E-state index contributed by atoms with van der Waals surface area (Å²) in [7, 11) is 1.79. The van der Waals surface area contributed by atoms with Gasteiger partial charge >= 0.3 is 0 Å². The molecule has 1 fully saturated rings. The number of aromatic nitrogens is 1. The highest BCUT2D eigenvalue weighted by Gasteiger charge is 2.10. The Balaban J connectivity index is 0.00000280. The topological polar surface area (TPSA) is 65.7 Å². The number of nitrogens with zero attached hydrogens (tertiary/aromatic N) is 3. The minimum absolute atomic E-state index is 0. The van der Waals surface area contributed by atoms with Crippen molar-refractivity contribution < 1.29 is 4.42 Å². The molecule has 2 heterocycles. The van der Waals surface area contributed by atoms with Gasteiger partial charge in [-0.15, -0.1) is 24.0 Å². The highest BCUT2D eigenvalue weighted by atomic mass is 127. The standard InChI is InChI=1S/C21H31N5O.HI/c1-17-7-9-18(10-8-17)20-25-19(16-27-20)15-24-21(22-2)23-11-14-26-12-5-3-4-6-13-26;/h7-10,16H,3-6,11-15H2,1-2H3,(H2,22,23,24);1H. The van der Waals surface area contributed by atoms with Crippen LogP contribution in [0.15, 0.2) is 39.9 Å². The van der Waals surface area contributed by atoms with E-state index in [0.717, 1.165) is 30.3 Å². The molecule has 1 aromatic heterocycles. The molecule has 0 atom stereocenters. The number of halogens is 1. The Kier molecular flexibility index (Phi) is 9.77. The monoisotopic (exact) mass is 497 g/mol. The van der Waals surface area contributed by atoms with Crippen LogP contribution in [0.25, 0.3) is 11.5 Å². The predicted octanol–water partition coefficient (Wildman–Crippen LogP) is 3.81. The van der Waals surface area contributed by atoms with Gasteiger partial charge < -0.3 is 20.0 Å². The van der Waals surface area contributed by atoms with Crippen molar-refractivity contribution in [3.05, 3.63) is 41.8 Å². The van der Waals surface area contributed by atoms with Crippen molar-refractivity contribution >= 4 is 29.9 Å². The highest BCUT2D eigenvalue weighted by molar-refractivity contribution is 14.0. The van der Waals surface area contributed by atoms with Crippen LogP contribution in [0.1, 0.15) is 36.9 Å². The van der Waals surface area contributed by atoms with Crippen LogP contribution in [0.5, 0.6) is 0 Å². The van der Waals surface area contributed by atoms with E-state index in [4.69, 9.17) is 4.42 Å². The number of aliphatic imine (C=N–C) groups is 1. The average Bonchev–Trinajstić information content (AvgIpc) is 3.00. The number of oxazole rings is 1. The molecular formula is C21H32IN5O. The Bertz CT molecular complexity index is 721. The summed E-state index contributed by atoms with van der Waals surface area (Å²) in [6.07, 6.45) is 7.09. The first-order chi connectivity index (χ1) is 13.2. The number of guanidine groups is 1. The van der Waals surface area contributed by atoms with Crippen LogP contribution in [0, 0.1) is 6.92 Å². The Morgan fingerprint density at radius 1 is 1.11 bits per heavy atom. The van der Waals surface area contributed by atoms with Crippen LogP contribution in [-0.2, 0) is 6.54 Å². The van der Waals surface area contributed by atoms with Crippen LogP contribution >= 0.6 is 24.0 Å². The molecule has 0 saturated carbocycles. The molecule has 2 aromatic rings. The molecule has 28 heavy (non-hydrogen) atoms. The molecule has 0 unspecified atom stereocenters. The fourth-order valence-electron chi connectivity index (χ4n) is 3.30. The molecule has 3 rings (SSSR count). The molecule has 0 spiro atoms. The van der Waals surface area contributed by atoms with Crippen molar-refractivity contribution in [2.75, 3.05) is 33.2 Å². The SMILES string of the molecule is CN=C(NCCN1CCCCCC1)NCc1coc(-c2ccc(C)cc2)n1.I. The van der Waals surface area contributed by atoms with Gasteiger partial charge in [-0.25, -0.2) is 4.98 Å². The molecule has 1 aromatic carbocycles. The smallest absolute Gasteiger partial charge is 0.226 e. The van der Waals surface area contributed by atoms with Gasteiger partial charge in [-0.1, -0.05) is 30.5 Å². The van der Waals surface area contributed by atoms with Gasteiger partial charge in [-0.3, -0.25) is 4.99 Å². The summed E-state index contributed by atoms with van der Waals surface area (Å²) >= 11 is 0. The minimum Gasteiger partial charge on any atom is -0.444 e. The van der Waals surface area contributed by atoms with E-state index in [0.29, 0.717) is 12.4 Å². The lowest BCUT2D eigenvalue weighted by Crippen LogP contribution is -2.41. The van der Waals surface area contributed by atoms with Gasteiger partial charge in [-0.2, -0.15) is 0 Å². The summed E-state index contributed by atoms with van der Waals surface area (Å²) in [5.41, 5.74) is 3.08. The summed E-state index contributed by atoms with van der Waals surface area (Å²) < 4.78 is 5.61. The normalized spacial score (nSPS) is 15.6. The largest absolute Gasteiger partial charge is 0.444 e. The zero-order valence-electron chi connectivity index (χ0n) is 16.9. The number of rotatable bonds is 6. The van der Waals surface area contributed by atoms with Gasteiger partial charge in [-0.05, 0) is 45.0 Å². The third kappa shape index (κ3) is 7.09. The first-order valence-electron chi connectivity index (χ1n) is 9.93. The number of hydrogen-bond acceptors (Lipinski definition) is 4. The summed E-state index contributed by atoms with van der Waals surface area (Å²) in [6, 6.07) is 8.18. The first kappa shape index (κ1) is 22.7. The quantitative estimate of drug-likeness (QED) is 0.361. The zero-order valence-corrected chi connectivity index (χ0v) is 19.2. The van der Waals surface area contributed by atoms with Crippen molar-refractivity contribution in [2.45, 2.75) is 39.2 Å². The number of likely N-dealkylation sites (tertiary alicyclic amines) is 1. The summed E-state index contributed by atoms with van der Waals surface area (Å²) in [6.45, 7) is 7.04. The summed E-state index contributed by atoms with van der Waals surface area (Å²) in [4.78, 5) is 11.4. The lowest BCUT2D eigenvalue weighted by Gasteiger charge is -2.20. The highest BCUT2D eigenvalue weighted by Crippen LogP contribution is 2.19. The molecule has 6 nitrogen and oxygen atoms in total. The Morgan fingerprint density at radius 2 is 1.82 bits per heavy atom. The molecule has 2 N–H and O–H groups in total. The Labute approximate surface area is 185 Å². The van der Waals surface area contributed by atoms with Gasteiger partial charge in [0.2, 0.25) is 5.89 Å². The molecule has 0 amide bonds. The second-order valence-corrected chi connectivity index (χ2v) is 7.12. The van der Waals surface area contributed by atoms with Gasteiger partial charge in [0, 0.05) is 25.7 Å². The van der Waals surface area contributed by atoms with E-state index in [1.54, 1.807) is 13.3 Å². The van der Waals surface area contributed by atoms with Crippen LogP contribution in [-0.4, -0.2) is 49.1 Å². The molecule has 1 saturated heterocycles. The van der Waals surface area contributed by atoms with E-state index in [1.807, 2.05) is 12.1 Å². The fraction of sp³-hybridized carbons (Fsp3) is 0.524. The van der Waals surface area contributed by atoms with Crippen molar-refractivity contribution in [1.29, 1.82) is 0 Å². The molecule has 1 aliphatic rings. The minimum atomic E-state index is 0. The van der Waals surface area contributed by atoms with E-state index < -0.39 is 0 Å². The van der Waals surface area contributed by atoms with Crippen molar-refractivity contribution in [3.63, 3.8) is 0 Å². The van der Waals surface area contributed by atoms with Gasteiger partial charge in [0.15, 0.2) is 5.96 Å². The second kappa shape index (κ2) is 12.1. The maximum Gasteiger partial charge on any atom is 0.226 e. The van der Waals surface area contributed by atoms with E-state index in [1.165, 1.54) is 44.3 Å². The average molecular weight is 497 g/mol. The molecule has 7 heteroatoms. The van der Waals surface area contributed by atoms with Crippen molar-refractivity contribution in [3.8, 4) is 11.5 Å². The van der Waals surface area contributed by atoms with Gasteiger partial charge in [0.05, 0.1) is 12.2 Å². The maximum absolute atomic E-state index is 5.61. The van der Waals surface area contributed by atoms with Crippen molar-refractivity contribution in [1.82, 2.24) is 20.5 Å². The van der Waals surface area contributed by atoms with E-state index >= 15 is 0 Å². The summed E-state index contributed by atoms with van der Waals surface area (Å²) in [5.74, 6) is 1.45. The summed E-state index contributed by atoms with van der Waals surface area (Å²) in [5, 5.41) is 6.70. The lowest BCUT2D eigenvalue weighted by atomic mass is 10.1. The molecule has 0 radical (unpaired) electrons. The number of nitrogens with one attached hydrogen (secondary N) is 2. The lowest BCUT2D eigenvalue weighted by molar-refractivity contribution is 0.289. The van der Waals surface area contributed by atoms with Crippen molar-refractivity contribution in [2.24, 2.45) is 4.99 Å². The molecule has 1 aliphatic heterocycles. The Hall–Kier alpha value is -1.61. The van der Waals surface area contributed by atoms with Crippen LogP contribution in [0.4, 0.5) is 0 Å². The first-order valence-corrected chi connectivity index (χ1v) is 9.93. The number of aryl methyl sites for hydroxylation is 1. The maximum atomic E-state index is 5.61.